The summed E-state index contributed by atoms with van der Waals surface area (Å²) >= 11 is 0. The van der Waals surface area contributed by atoms with Crippen LogP contribution in [-0.2, 0) is 4.74 Å². The van der Waals surface area contributed by atoms with Gasteiger partial charge >= 0.3 is 0 Å². The molecule has 2 aromatic rings. The molecule has 27 heavy (non-hydrogen) atoms. The maximum Gasteiger partial charge on any atom is 0.119 e. The van der Waals surface area contributed by atoms with Crippen molar-refractivity contribution in [1.82, 2.24) is 0 Å². The monoisotopic (exact) mass is 370 g/mol. The van der Waals surface area contributed by atoms with Crippen LogP contribution in [0.3, 0.4) is 0 Å². The van der Waals surface area contributed by atoms with Crippen molar-refractivity contribution in [3.05, 3.63) is 59.7 Å². The van der Waals surface area contributed by atoms with Gasteiger partial charge in [0, 0.05) is 11.8 Å². The lowest BCUT2D eigenvalue weighted by molar-refractivity contribution is 0.113. The highest BCUT2D eigenvalue weighted by Crippen LogP contribution is 2.23. The standard InChI is InChI=1S/C24H34O3/c1-17(2)26-23-11-7-21(8-12-23)19(5)15-25-16-20(6)22-9-13-24(14-10-22)27-18(3)4/h7-14,17-20H,15-16H2,1-6H3. The highest BCUT2D eigenvalue weighted by Gasteiger charge is 2.10. The number of hydrogen-bond donors (Lipinski definition) is 0. The van der Waals surface area contributed by atoms with Crippen molar-refractivity contribution in [3.63, 3.8) is 0 Å². The van der Waals surface area contributed by atoms with Gasteiger partial charge in [-0.3, -0.25) is 0 Å². The average molecular weight is 371 g/mol. The van der Waals surface area contributed by atoms with Gasteiger partial charge in [0.2, 0.25) is 0 Å². The van der Waals surface area contributed by atoms with E-state index in [1.54, 1.807) is 0 Å². The molecule has 0 saturated carbocycles. The first-order valence-electron chi connectivity index (χ1n) is 9.96. The Hall–Kier alpha value is -2.00. The molecule has 0 aliphatic carbocycles. The maximum atomic E-state index is 5.99. The molecule has 0 amide bonds. The molecule has 0 heterocycles. The molecule has 0 aliphatic rings. The van der Waals surface area contributed by atoms with Gasteiger partial charge in [-0.25, -0.2) is 0 Å². The molecule has 0 aromatic heterocycles. The Morgan fingerprint density at radius 1 is 0.556 bits per heavy atom. The summed E-state index contributed by atoms with van der Waals surface area (Å²) in [5.74, 6) is 2.54. The zero-order chi connectivity index (χ0) is 19.8. The van der Waals surface area contributed by atoms with E-state index in [4.69, 9.17) is 14.2 Å². The number of hydrogen-bond acceptors (Lipinski definition) is 3. The van der Waals surface area contributed by atoms with Crippen molar-refractivity contribution >= 4 is 0 Å². The molecule has 2 atom stereocenters. The van der Waals surface area contributed by atoms with Crippen LogP contribution in [0.1, 0.15) is 64.5 Å². The van der Waals surface area contributed by atoms with Crippen molar-refractivity contribution in [2.24, 2.45) is 0 Å². The predicted octanol–water partition coefficient (Wildman–Crippen LogP) is 6.18. The Bertz CT molecular complexity index is 600. The minimum Gasteiger partial charge on any atom is -0.491 e. The lowest BCUT2D eigenvalue weighted by atomic mass is 10.0. The minimum absolute atomic E-state index is 0.198. The van der Waals surface area contributed by atoms with Gasteiger partial charge in [-0.2, -0.15) is 0 Å². The van der Waals surface area contributed by atoms with Gasteiger partial charge in [-0.05, 0) is 63.1 Å². The summed E-state index contributed by atoms with van der Waals surface area (Å²) in [6.45, 7) is 14.0. The third kappa shape index (κ3) is 7.26. The second-order valence-corrected chi connectivity index (χ2v) is 7.81. The zero-order valence-electron chi connectivity index (χ0n) is 17.6. The Morgan fingerprint density at radius 3 is 1.19 bits per heavy atom. The Balaban J connectivity index is 1.79. The van der Waals surface area contributed by atoms with Crippen molar-refractivity contribution in [1.29, 1.82) is 0 Å². The summed E-state index contributed by atoms with van der Waals surface area (Å²) in [7, 11) is 0. The summed E-state index contributed by atoms with van der Waals surface area (Å²) in [4.78, 5) is 0. The number of benzene rings is 2. The predicted molar refractivity (Wildman–Crippen MR) is 112 cm³/mol. The van der Waals surface area contributed by atoms with Crippen LogP contribution in [0.5, 0.6) is 11.5 Å². The first-order valence-corrected chi connectivity index (χ1v) is 9.96. The van der Waals surface area contributed by atoms with E-state index in [1.807, 2.05) is 52.0 Å². The molecule has 0 spiro atoms. The zero-order valence-corrected chi connectivity index (χ0v) is 17.6. The van der Waals surface area contributed by atoms with E-state index < -0.39 is 0 Å². The molecule has 3 nitrogen and oxygen atoms in total. The quantitative estimate of drug-likeness (QED) is 0.499. The van der Waals surface area contributed by atoms with Crippen LogP contribution in [0.15, 0.2) is 48.5 Å². The highest BCUT2D eigenvalue weighted by molar-refractivity contribution is 5.30. The third-order valence-electron chi connectivity index (χ3n) is 4.38. The van der Waals surface area contributed by atoms with Gasteiger partial charge in [0.1, 0.15) is 11.5 Å². The number of rotatable bonds is 10. The van der Waals surface area contributed by atoms with E-state index in [-0.39, 0.29) is 12.2 Å². The fourth-order valence-corrected chi connectivity index (χ4v) is 2.91. The summed E-state index contributed by atoms with van der Waals surface area (Å²) in [5.41, 5.74) is 2.54. The van der Waals surface area contributed by atoms with Crippen LogP contribution in [0.4, 0.5) is 0 Å². The van der Waals surface area contributed by atoms with Gasteiger partial charge < -0.3 is 14.2 Å². The summed E-state index contributed by atoms with van der Waals surface area (Å²) in [5, 5.41) is 0. The van der Waals surface area contributed by atoms with Gasteiger partial charge in [-0.1, -0.05) is 38.1 Å². The Kier molecular flexibility index (Phi) is 8.18. The van der Waals surface area contributed by atoms with Gasteiger partial charge in [0.15, 0.2) is 0 Å². The van der Waals surface area contributed by atoms with Crippen molar-refractivity contribution < 1.29 is 14.2 Å². The first-order chi connectivity index (χ1) is 12.8. The highest BCUT2D eigenvalue weighted by atomic mass is 16.5. The molecule has 3 heteroatoms. The smallest absolute Gasteiger partial charge is 0.119 e. The van der Waals surface area contributed by atoms with Gasteiger partial charge in [-0.15, -0.1) is 0 Å². The molecule has 0 radical (unpaired) electrons. The maximum absolute atomic E-state index is 5.99. The van der Waals surface area contributed by atoms with E-state index in [1.165, 1.54) is 11.1 Å². The molecular weight excluding hydrogens is 336 g/mol. The van der Waals surface area contributed by atoms with E-state index in [0.717, 1.165) is 11.5 Å². The topological polar surface area (TPSA) is 27.7 Å². The molecule has 0 bridgehead atoms. The molecule has 2 aromatic carbocycles. The summed E-state index contributed by atoms with van der Waals surface area (Å²) in [6, 6.07) is 16.7. The molecule has 0 fully saturated rings. The van der Waals surface area contributed by atoms with Crippen LogP contribution in [0.2, 0.25) is 0 Å². The van der Waals surface area contributed by atoms with Crippen LogP contribution in [-0.4, -0.2) is 25.4 Å². The second-order valence-electron chi connectivity index (χ2n) is 7.81. The van der Waals surface area contributed by atoms with E-state index in [0.29, 0.717) is 25.0 Å². The molecule has 2 rings (SSSR count). The van der Waals surface area contributed by atoms with Gasteiger partial charge in [0.25, 0.3) is 0 Å². The van der Waals surface area contributed by atoms with E-state index in [9.17, 15) is 0 Å². The number of ether oxygens (including phenoxy) is 3. The molecule has 0 saturated heterocycles. The van der Waals surface area contributed by atoms with Crippen LogP contribution >= 0.6 is 0 Å². The largest absolute Gasteiger partial charge is 0.491 e. The Morgan fingerprint density at radius 2 is 0.889 bits per heavy atom. The molecule has 2 unspecified atom stereocenters. The van der Waals surface area contributed by atoms with E-state index in [2.05, 4.69) is 38.1 Å². The van der Waals surface area contributed by atoms with Crippen LogP contribution < -0.4 is 9.47 Å². The first kappa shape index (κ1) is 21.3. The molecular formula is C24H34O3. The van der Waals surface area contributed by atoms with Crippen LogP contribution in [0.25, 0.3) is 0 Å². The fourth-order valence-electron chi connectivity index (χ4n) is 2.91. The third-order valence-corrected chi connectivity index (χ3v) is 4.38. The molecule has 0 aliphatic heterocycles. The fraction of sp³-hybridized carbons (Fsp3) is 0.500. The van der Waals surface area contributed by atoms with Crippen molar-refractivity contribution in [2.45, 2.75) is 65.6 Å². The van der Waals surface area contributed by atoms with E-state index >= 15 is 0 Å². The minimum atomic E-state index is 0.198. The SMILES string of the molecule is CC(C)Oc1ccc(C(C)COCC(C)c2ccc(OC(C)C)cc2)cc1. The Labute approximate surface area is 164 Å². The summed E-state index contributed by atoms with van der Waals surface area (Å²) in [6.07, 6.45) is 0.396. The second kappa shape index (κ2) is 10.4. The van der Waals surface area contributed by atoms with Gasteiger partial charge in [0.05, 0.1) is 25.4 Å². The normalized spacial score (nSPS) is 13.6. The van der Waals surface area contributed by atoms with Crippen molar-refractivity contribution in [3.8, 4) is 11.5 Å². The van der Waals surface area contributed by atoms with Crippen LogP contribution in [0, 0.1) is 0 Å². The molecule has 0 N–H and O–H groups in total. The summed E-state index contributed by atoms with van der Waals surface area (Å²) < 4.78 is 17.4. The lowest BCUT2D eigenvalue weighted by Gasteiger charge is -2.17. The lowest BCUT2D eigenvalue weighted by Crippen LogP contribution is -2.10. The average Bonchev–Trinajstić information content (AvgIpc) is 2.61. The molecule has 148 valence electrons. The van der Waals surface area contributed by atoms with Crippen molar-refractivity contribution in [2.75, 3.05) is 13.2 Å².